The van der Waals surface area contributed by atoms with Gasteiger partial charge in [0.25, 0.3) is 0 Å². The highest BCUT2D eigenvalue weighted by Gasteiger charge is 2.56. The van der Waals surface area contributed by atoms with E-state index in [0.717, 1.165) is 50.1 Å². The van der Waals surface area contributed by atoms with Crippen molar-refractivity contribution in [3.05, 3.63) is 323 Å². The Morgan fingerprint density at radius 1 is 0.294 bits per heavy atom. The predicted molar refractivity (Wildman–Crippen MR) is 388 cm³/mol. The van der Waals surface area contributed by atoms with Crippen LogP contribution in [0.15, 0.2) is 273 Å². The third-order valence-corrected chi connectivity index (χ3v) is 19.0. The van der Waals surface area contributed by atoms with Gasteiger partial charge in [-0.15, -0.1) is 11.8 Å². The van der Waals surface area contributed by atoms with Crippen LogP contribution in [0.4, 0.5) is 0 Å². The minimum Gasteiger partial charge on any atom is -0.463 e. The van der Waals surface area contributed by atoms with E-state index in [1.54, 1.807) is 11.8 Å². The van der Waals surface area contributed by atoms with Gasteiger partial charge in [0.05, 0.1) is 72.7 Å². The van der Waals surface area contributed by atoms with Gasteiger partial charge in [-0.05, 0) is 55.8 Å². The molecule has 16 nitrogen and oxygen atoms in total. The van der Waals surface area contributed by atoms with Crippen LogP contribution < -0.4 is 0 Å². The number of benzene rings is 9. The number of thioether (sulfide) groups is 1. The number of hydrogen-bond donors (Lipinski definition) is 0. The zero-order chi connectivity index (χ0) is 69.8. The quantitative estimate of drug-likeness (QED) is 0.0339. The second-order valence-electron chi connectivity index (χ2n) is 25.4. The number of rotatable bonds is 37. The lowest BCUT2D eigenvalue weighted by molar-refractivity contribution is -0.385. The summed E-state index contributed by atoms with van der Waals surface area (Å²) in [7, 11) is 0. The Morgan fingerprint density at radius 3 is 0.912 bits per heavy atom. The second-order valence-corrected chi connectivity index (χ2v) is 26.8. The van der Waals surface area contributed by atoms with Crippen LogP contribution in [-0.4, -0.2) is 123 Å². The first-order chi connectivity index (χ1) is 50.4. The number of carbonyl (C=O) groups excluding carboxylic acids is 1. The van der Waals surface area contributed by atoms with Crippen LogP contribution in [0, 0.1) is 0 Å². The van der Waals surface area contributed by atoms with Crippen LogP contribution in [0.2, 0.25) is 0 Å². The first kappa shape index (κ1) is 74.0. The molecule has 15 atom stereocenters. The van der Waals surface area contributed by atoms with E-state index in [-0.39, 0.29) is 72.7 Å². The molecule has 9 aromatic carbocycles. The molecule has 17 heteroatoms. The Balaban J connectivity index is 0.972. The van der Waals surface area contributed by atoms with E-state index in [0.29, 0.717) is 12.4 Å². The summed E-state index contributed by atoms with van der Waals surface area (Å²) in [5, 5.41) is 0. The number of esters is 1. The zero-order valence-electron chi connectivity index (χ0n) is 57.8. The van der Waals surface area contributed by atoms with Gasteiger partial charge in [0, 0.05) is 6.92 Å². The van der Waals surface area contributed by atoms with Crippen molar-refractivity contribution in [1.82, 2.24) is 0 Å². The summed E-state index contributed by atoms with van der Waals surface area (Å²) in [6.45, 7) is 4.93. The van der Waals surface area contributed by atoms with E-state index in [1.165, 1.54) is 6.92 Å². The molecular formula is C85H92O16S. The van der Waals surface area contributed by atoms with Crippen LogP contribution in [0.3, 0.4) is 0 Å². The third-order valence-electron chi connectivity index (χ3n) is 17.9. The first-order valence-electron chi connectivity index (χ1n) is 35.2. The van der Waals surface area contributed by atoms with Gasteiger partial charge in [-0.2, -0.15) is 0 Å². The van der Waals surface area contributed by atoms with Crippen molar-refractivity contribution in [1.29, 1.82) is 0 Å². The van der Waals surface area contributed by atoms with E-state index in [1.807, 2.05) is 273 Å². The molecule has 534 valence electrons. The summed E-state index contributed by atoms with van der Waals surface area (Å²) in [5.41, 5.74) is 7.86. The standard InChI is InChI=1S/C85H92O16S/c1-3-102-85-82(96-57-70-47-29-12-30-48-70)79(94-55-68-43-25-10-26-44-68)76(91-52-65-37-19-7-20-38-65)73(100-85)60-97-83-81(78(93-54-67-41-23-9-24-42-67)74(89-50-63-33-15-5-16-34-63)71(98-83)58-87-49-62-31-13-4-14-32-62)101-84-80(95-56-69-45-27-11-28-46-69)77(92-53-66-39-21-8-22-40-66)75(72(99-84)59-88-61(2)86)90-51-64-35-17-6-18-36-64/h4-48,71-85H,3,49-60H2,1-2H3/t71-,72-,73-,74-,75-,76-,77+,78+,79+,80+,81+,82+,83+,84-,85-/m1/s1. The van der Waals surface area contributed by atoms with Gasteiger partial charge in [-0.3, -0.25) is 4.79 Å². The van der Waals surface area contributed by atoms with Gasteiger partial charge < -0.3 is 71.1 Å². The largest absolute Gasteiger partial charge is 0.463 e. The summed E-state index contributed by atoms with van der Waals surface area (Å²) in [6.07, 6.45) is -13.5. The van der Waals surface area contributed by atoms with Crippen molar-refractivity contribution < 1.29 is 75.8 Å². The van der Waals surface area contributed by atoms with Gasteiger partial charge >= 0.3 is 5.97 Å². The summed E-state index contributed by atoms with van der Waals surface area (Å²) >= 11 is 1.63. The molecule has 3 aliphatic heterocycles. The molecule has 0 radical (unpaired) electrons. The Bertz CT molecular complexity index is 3770. The van der Waals surface area contributed by atoms with Gasteiger partial charge in [-0.25, -0.2) is 0 Å². The summed E-state index contributed by atoms with van der Waals surface area (Å²) in [5.74, 6) is 0.185. The van der Waals surface area contributed by atoms with Crippen molar-refractivity contribution >= 4 is 17.7 Å². The topological polar surface area (TPSA) is 156 Å². The molecular weight excluding hydrogens is 1310 g/mol. The lowest BCUT2D eigenvalue weighted by atomic mass is 9.95. The fourth-order valence-corrected chi connectivity index (χ4v) is 13.8. The lowest BCUT2D eigenvalue weighted by Crippen LogP contribution is -2.67. The maximum atomic E-state index is 13.1. The number of ether oxygens (including phenoxy) is 15. The van der Waals surface area contributed by atoms with Crippen LogP contribution >= 0.6 is 11.8 Å². The second kappa shape index (κ2) is 39.8. The Labute approximate surface area is 603 Å². The van der Waals surface area contributed by atoms with E-state index in [2.05, 4.69) is 6.92 Å². The summed E-state index contributed by atoms with van der Waals surface area (Å²) < 4.78 is 107. The lowest BCUT2D eigenvalue weighted by Gasteiger charge is -2.50. The Morgan fingerprint density at radius 2 is 0.569 bits per heavy atom. The highest BCUT2D eigenvalue weighted by atomic mass is 32.2. The predicted octanol–water partition coefficient (Wildman–Crippen LogP) is 14.8. The van der Waals surface area contributed by atoms with E-state index in [9.17, 15) is 4.79 Å². The molecule has 3 aliphatic rings. The normalized spacial score (nSPS) is 25.0. The van der Waals surface area contributed by atoms with Crippen molar-refractivity contribution in [2.24, 2.45) is 0 Å². The van der Waals surface area contributed by atoms with Crippen LogP contribution in [0.25, 0.3) is 0 Å². The van der Waals surface area contributed by atoms with E-state index < -0.39 is 97.2 Å². The molecule has 102 heavy (non-hydrogen) atoms. The van der Waals surface area contributed by atoms with Crippen molar-refractivity contribution in [2.45, 2.75) is 165 Å². The Hall–Kier alpha value is -7.76. The fraction of sp³-hybridized carbons (Fsp3) is 0.353. The highest BCUT2D eigenvalue weighted by molar-refractivity contribution is 7.99. The maximum absolute atomic E-state index is 13.1. The van der Waals surface area contributed by atoms with Gasteiger partial charge in [0.1, 0.15) is 85.3 Å². The van der Waals surface area contributed by atoms with Crippen LogP contribution in [-0.2, 0) is 135 Å². The summed E-state index contributed by atoms with van der Waals surface area (Å²) in [6, 6.07) is 89.8. The molecule has 12 rings (SSSR count). The molecule has 3 saturated heterocycles. The molecule has 9 aromatic rings. The fourth-order valence-electron chi connectivity index (χ4n) is 12.8. The SMILES string of the molecule is CCS[C@H]1O[C@H](CO[C@H]2O[C@H](COCc3ccccc3)[C@@H](OCc3ccccc3)[C@H](OCc3ccccc3)[C@@H]2O[C@H]2O[C@H](COC(C)=O)[C@@H](OCc3ccccc3)[C@H](OCc3ccccc3)[C@@H]2OCc2ccccc2)[C@@H](OCc2ccccc2)[C@H](OCc2ccccc2)[C@@H]1OCc1ccccc1. The molecule has 0 amide bonds. The number of carbonyl (C=O) groups is 1. The average Bonchev–Trinajstić information content (AvgIpc) is 0.765. The van der Waals surface area contributed by atoms with E-state index in [4.69, 9.17) is 71.1 Å². The molecule has 0 saturated carbocycles. The minimum atomic E-state index is -1.34. The van der Waals surface area contributed by atoms with Gasteiger partial charge in [0.15, 0.2) is 12.6 Å². The smallest absolute Gasteiger partial charge is 0.302 e. The maximum Gasteiger partial charge on any atom is 0.302 e. The van der Waals surface area contributed by atoms with Crippen molar-refractivity contribution in [3.8, 4) is 0 Å². The van der Waals surface area contributed by atoms with Crippen LogP contribution in [0.1, 0.15) is 63.9 Å². The first-order valence-corrected chi connectivity index (χ1v) is 36.3. The molecule has 0 spiro atoms. The number of hydrogen-bond acceptors (Lipinski definition) is 17. The third kappa shape index (κ3) is 21.9. The molecule has 3 fully saturated rings. The Kier molecular flexibility index (Phi) is 28.8. The van der Waals surface area contributed by atoms with E-state index >= 15 is 0 Å². The van der Waals surface area contributed by atoms with Crippen molar-refractivity contribution in [2.75, 3.05) is 25.6 Å². The average molecular weight is 1400 g/mol. The van der Waals surface area contributed by atoms with Crippen molar-refractivity contribution in [3.63, 3.8) is 0 Å². The molecule has 0 unspecified atom stereocenters. The molecule has 0 aliphatic carbocycles. The van der Waals surface area contributed by atoms with Gasteiger partial charge in [0.2, 0.25) is 0 Å². The highest BCUT2D eigenvalue weighted by Crippen LogP contribution is 2.40. The molecule has 0 aromatic heterocycles. The summed E-state index contributed by atoms with van der Waals surface area (Å²) in [4.78, 5) is 13.1. The molecule has 3 heterocycles. The van der Waals surface area contributed by atoms with Gasteiger partial charge in [-0.1, -0.05) is 280 Å². The monoisotopic (exact) mass is 1400 g/mol. The molecule has 0 N–H and O–H groups in total. The zero-order valence-corrected chi connectivity index (χ0v) is 58.6. The minimum absolute atomic E-state index is 0.0446. The molecule has 0 bridgehead atoms. The van der Waals surface area contributed by atoms with Crippen LogP contribution in [0.5, 0.6) is 0 Å².